The van der Waals surface area contributed by atoms with Gasteiger partial charge < -0.3 is 11.1 Å². The molecule has 0 spiro atoms. The Hall–Kier alpha value is -2.45. The predicted octanol–water partition coefficient (Wildman–Crippen LogP) is 1.34. The van der Waals surface area contributed by atoms with Crippen molar-refractivity contribution in [3.05, 3.63) is 47.2 Å². The summed E-state index contributed by atoms with van der Waals surface area (Å²) < 4.78 is 0. The number of carbonyl (C=O) groups excluding carboxylic acids is 1. The molecule has 2 rings (SSSR count). The monoisotopic (exact) mass is 322 g/mol. The summed E-state index contributed by atoms with van der Waals surface area (Å²) in [5.74, 6) is -0.353. The molecular weight excluding hydrogens is 312 g/mol. The molecule has 5 N–H and O–H groups in total. The first-order valence-corrected chi connectivity index (χ1v) is 6.54. The summed E-state index contributed by atoms with van der Waals surface area (Å²) in [4.78, 5) is 19.2. The summed E-state index contributed by atoms with van der Waals surface area (Å²) in [7, 11) is 0. The van der Waals surface area contributed by atoms with Crippen LogP contribution < -0.4 is 21.9 Å². The third-order valence-electron chi connectivity index (χ3n) is 2.35. The lowest BCUT2D eigenvalue weighted by Gasteiger charge is -2.12. The van der Waals surface area contributed by atoms with E-state index in [4.69, 9.17) is 29.6 Å². The Bertz CT molecular complexity index is 663. The molecule has 0 aliphatic rings. The quantitative estimate of drug-likeness (QED) is 0.488. The molecule has 0 unspecified atom stereocenters. The van der Waals surface area contributed by atoms with Gasteiger partial charge in [0.2, 0.25) is 5.95 Å². The van der Waals surface area contributed by atoms with Gasteiger partial charge in [0.1, 0.15) is 0 Å². The van der Waals surface area contributed by atoms with Crippen molar-refractivity contribution in [3.63, 3.8) is 0 Å². The van der Waals surface area contributed by atoms with Gasteiger partial charge >= 0.3 is 0 Å². The van der Waals surface area contributed by atoms with Gasteiger partial charge in [0, 0.05) is 12.4 Å². The standard InChI is InChI=1S/C12H11ClN6OS/c13-8-3-1-2-4-9(8)17-12(21)19-18-10(20)7-5-15-11(14)16-6-7/h1-6H,(H,18,20)(H2,14,15,16)(H2,17,19,21). The molecule has 1 amide bonds. The van der Waals surface area contributed by atoms with Crippen molar-refractivity contribution < 1.29 is 4.79 Å². The Morgan fingerprint density at radius 3 is 2.52 bits per heavy atom. The van der Waals surface area contributed by atoms with Crippen molar-refractivity contribution in [3.8, 4) is 0 Å². The van der Waals surface area contributed by atoms with Gasteiger partial charge in [-0.2, -0.15) is 0 Å². The number of benzene rings is 1. The van der Waals surface area contributed by atoms with Crippen LogP contribution in [0.4, 0.5) is 11.6 Å². The number of rotatable bonds is 2. The number of anilines is 2. The first kappa shape index (κ1) is 14.9. The molecule has 0 saturated heterocycles. The second kappa shape index (κ2) is 6.82. The number of hydrogen-bond donors (Lipinski definition) is 4. The zero-order valence-corrected chi connectivity index (χ0v) is 12.2. The molecule has 7 nitrogen and oxygen atoms in total. The molecular formula is C12H11ClN6OS. The van der Waals surface area contributed by atoms with Gasteiger partial charge in [-0.05, 0) is 24.4 Å². The highest BCUT2D eigenvalue weighted by atomic mass is 35.5. The lowest BCUT2D eigenvalue weighted by atomic mass is 10.3. The summed E-state index contributed by atoms with van der Waals surface area (Å²) in [5, 5.41) is 3.55. The summed E-state index contributed by atoms with van der Waals surface area (Å²) in [6, 6.07) is 7.08. The number of nitrogens with zero attached hydrogens (tertiary/aromatic N) is 2. The number of hydrogen-bond acceptors (Lipinski definition) is 5. The number of halogens is 1. The van der Waals surface area contributed by atoms with Gasteiger partial charge in [-0.1, -0.05) is 23.7 Å². The first-order valence-electron chi connectivity index (χ1n) is 5.75. The van der Waals surface area contributed by atoms with Crippen LogP contribution in [0.25, 0.3) is 0 Å². The number of nitrogen functional groups attached to an aromatic ring is 1. The molecule has 9 heteroatoms. The molecule has 0 aliphatic carbocycles. The highest BCUT2D eigenvalue weighted by Crippen LogP contribution is 2.19. The average Bonchev–Trinajstić information content (AvgIpc) is 2.48. The van der Waals surface area contributed by atoms with Crippen molar-refractivity contribution in [1.82, 2.24) is 20.8 Å². The summed E-state index contributed by atoms with van der Waals surface area (Å²) in [6.07, 6.45) is 2.62. The van der Waals surface area contributed by atoms with Crippen LogP contribution in [0.1, 0.15) is 10.4 Å². The van der Waals surface area contributed by atoms with Gasteiger partial charge in [-0.25, -0.2) is 9.97 Å². The minimum Gasteiger partial charge on any atom is -0.368 e. The fourth-order valence-electron chi connectivity index (χ4n) is 1.36. The van der Waals surface area contributed by atoms with E-state index in [2.05, 4.69) is 26.1 Å². The number of amides is 1. The predicted molar refractivity (Wildman–Crippen MR) is 84.7 cm³/mol. The van der Waals surface area contributed by atoms with Crippen LogP contribution in [-0.2, 0) is 0 Å². The maximum Gasteiger partial charge on any atom is 0.272 e. The molecule has 0 bridgehead atoms. The minimum absolute atomic E-state index is 0.0930. The Labute approximate surface area is 130 Å². The Balaban J connectivity index is 1.88. The molecule has 21 heavy (non-hydrogen) atoms. The zero-order valence-electron chi connectivity index (χ0n) is 10.6. The van der Waals surface area contributed by atoms with Crippen molar-refractivity contribution in [1.29, 1.82) is 0 Å². The van der Waals surface area contributed by atoms with E-state index in [0.29, 0.717) is 10.7 Å². The molecule has 1 aromatic carbocycles. The highest BCUT2D eigenvalue weighted by molar-refractivity contribution is 7.80. The second-order valence-corrected chi connectivity index (χ2v) is 4.66. The van der Waals surface area contributed by atoms with E-state index in [1.165, 1.54) is 12.4 Å². The number of aromatic nitrogens is 2. The maximum atomic E-state index is 11.8. The van der Waals surface area contributed by atoms with Gasteiger partial charge in [0.25, 0.3) is 5.91 Å². The van der Waals surface area contributed by atoms with Gasteiger partial charge in [0.15, 0.2) is 5.11 Å². The van der Waals surface area contributed by atoms with E-state index in [1.54, 1.807) is 24.3 Å². The van der Waals surface area contributed by atoms with E-state index in [-0.39, 0.29) is 16.6 Å². The first-order chi connectivity index (χ1) is 10.1. The van der Waals surface area contributed by atoms with Crippen LogP contribution in [0, 0.1) is 0 Å². The van der Waals surface area contributed by atoms with E-state index >= 15 is 0 Å². The number of hydrazine groups is 1. The lowest BCUT2D eigenvalue weighted by molar-refractivity contribution is 0.0943. The molecule has 0 radical (unpaired) electrons. The van der Waals surface area contributed by atoms with Crippen molar-refractivity contribution in [2.45, 2.75) is 0 Å². The van der Waals surface area contributed by atoms with Crippen LogP contribution in [0.2, 0.25) is 5.02 Å². The van der Waals surface area contributed by atoms with Crippen molar-refractivity contribution >= 4 is 46.5 Å². The molecule has 0 aliphatic heterocycles. The number of para-hydroxylation sites is 1. The molecule has 108 valence electrons. The number of nitrogens with one attached hydrogen (secondary N) is 3. The molecule has 0 saturated carbocycles. The summed E-state index contributed by atoms with van der Waals surface area (Å²) >= 11 is 11.0. The summed E-state index contributed by atoms with van der Waals surface area (Å²) in [6.45, 7) is 0. The molecule has 2 aromatic rings. The van der Waals surface area contributed by atoms with Crippen LogP contribution in [0.5, 0.6) is 0 Å². The number of thiocarbonyl (C=S) groups is 1. The third kappa shape index (κ3) is 4.26. The average molecular weight is 323 g/mol. The molecule has 1 heterocycles. The van der Waals surface area contributed by atoms with E-state index in [1.807, 2.05) is 0 Å². The van der Waals surface area contributed by atoms with Crippen LogP contribution in [0.3, 0.4) is 0 Å². The fraction of sp³-hybridized carbons (Fsp3) is 0. The van der Waals surface area contributed by atoms with Gasteiger partial charge in [0.05, 0.1) is 16.3 Å². The SMILES string of the molecule is Nc1ncc(C(=O)NNC(=S)Nc2ccccc2Cl)cn1. The third-order valence-corrected chi connectivity index (χ3v) is 2.88. The topological polar surface area (TPSA) is 105 Å². The smallest absolute Gasteiger partial charge is 0.272 e. The Kier molecular flexibility index (Phi) is 4.85. The lowest BCUT2D eigenvalue weighted by Crippen LogP contribution is -2.43. The largest absolute Gasteiger partial charge is 0.368 e. The highest BCUT2D eigenvalue weighted by Gasteiger charge is 2.07. The van der Waals surface area contributed by atoms with Gasteiger partial charge in [-0.3, -0.25) is 15.6 Å². The van der Waals surface area contributed by atoms with E-state index in [9.17, 15) is 4.79 Å². The van der Waals surface area contributed by atoms with Gasteiger partial charge in [-0.15, -0.1) is 0 Å². The zero-order chi connectivity index (χ0) is 15.2. The van der Waals surface area contributed by atoms with Crippen LogP contribution in [-0.4, -0.2) is 21.0 Å². The minimum atomic E-state index is -0.446. The fourth-order valence-corrected chi connectivity index (χ4v) is 1.70. The Morgan fingerprint density at radius 1 is 1.19 bits per heavy atom. The Morgan fingerprint density at radius 2 is 1.86 bits per heavy atom. The molecule has 0 fully saturated rings. The normalized spacial score (nSPS) is 9.76. The van der Waals surface area contributed by atoms with Crippen molar-refractivity contribution in [2.75, 3.05) is 11.1 Å². The molecule has 1 aromatic heterocycles. The van der Waals surface area contributed by atoms with Crippen molar-refractivity contribution in [2.24, 2.45) is 0 Å². The van der Waals surface area contributed by atoms with Crippen LogP contribution >= 0.6 is 23.8 Å². The van der Waals surface area contributed by atoms with E-state index in [0.717, 1.165) is 0 Å². The van der Waals surface area contributed by atoms with E-state index < -0.39 is 5.91 Å². The van der Waals surface area contributed by atoms with Crippen LogP contribution in [0.15, 0.2) is 36.7 Å². The number of nitrogens with two attached hydrogens (primary N) is 1. The molecule has 0 atom stereocenters. The summed E-state index contributed by atoms with van der Waals surface area (Å²) in [5.41, 5.74) is 11.2. The number of carbonyl (C=O) groups is 1. The second-order valence-electron chi connectivity index (χ2n) is 3.84. The maximum absolute atomic E-state index is 11.8.